The van der Waals surface area contributed by atoms with Crippen LogP contribution in [0, 0.1) is 0 Å². The van der Waals surface area contributed by atoms with Gasteiger partial charge in [0, 0.05) is 71.9 Å². The zero-order valence-corrected chi connectivity index (χ0v) is 39.1. The summed E-state index contributed by atoms with van der Waals surface area (Å²) in [5.41, 5.74) is 19.4. The number of aromatic nitrogens is 2. The molecular formula is C65H45N5O. The molecule has 6 heteroatoms. The molecule has 0 radical (unpaired) electrons. The van der Waals surface area contributed by atoms with Crippen LogP contribution in [0.5, 0.6) is 0 Å². The van der Waals surface area contributed by atoms with Crippen LogP contribution in [0.25, 0.3) is 99.2 Å². The fourth-order valence-electron chi connectivity index (χ4n) is 11.5. The van der Waals surface area contributed by atoms with E-state index < -0.39 is 0 Å². The van der Waals surface area contributed by atoms with E-state index in [0.717, 1.165) is 77.4 Å². The number of amidine groups is 1. The van der Waals surface area contributed by atoms with Gasteiger partial charge in [0.05, 0.1) is 27.8 Å². The summed E-state index contributed by atoms with van der Waals surface area (Å²) in [6, 6.07) is 80.0. The van der Waals surface area contributed by atoms with Gasteiger partial charge in [-0.1, -0.05) is 159 Å². The Morgan fingerprint density at radius 2 is 1.00 bits per heavy atom. The lowest BCUT2D eigenvalue weighted by molar-refractivity contribution is 0.661. The number of hydrogen-bond donors (Lipinski definition) is 1. The molecule has 10 aromatic carbocycles. The Balaban J connectivity index is 0.936. The van der Waals surface area contributed by atoms with Gasteiger partial charge in [0.25, 0.3) is 0 Å². The van der Waals surface area contributed by atoms with Gasteiger partial charge in [0.1, 0.15) is 11.2 Å². The van der Waals surface area contributed by atoms with Crippen LogP contribution in [0.2, 0.25) is 0 Å². The number of nitrogens with two attached hydrogens (primary N) is 1. The first-order chi connectivity index (χ1) is 34.9. The lowest BCUT2D eigenvalue weighted by atomic mass is 9.81. The van der Waals surface area contributed by atoms with E-state index in [9.17, 15) is 0 Å². The number of benzene rings is 10. The molecule has 0 atom stereocenters. The number of nitrogens with zero attached hydrogens (tertiary/aromatic N) is 4. The van der Waals surface area contributed by atoms with Crippen molar-refractivity contribution in [1.29, 1.82) is 0 Å². The van der Waals surface area contributed by atoms with Gasteiger partial charge in [-0.2, -0.15) is 5.10 Å². The van der Waals surface area contributed by atoms with E-state index in [1.165, 1.54) is 55.3 Å². The highest BCUT2D eigenvalue weighted by atomic mass is 16.3. The monoisotopic (exact) mass is 911 g/mol. The molecule has 71 heavy (non-hydrogen) atoms. The van der Waals surface area contributed by atoms with Crippen molar-refractivity contribution in [3.63, 3.8) is 0 Å². The zero-order valence-electron chi connectivity index (χ0n) is 39.1. The maximum atomic E-state index is 6.56. The van der Waals surface area contributed by atoms with Crippen LogP contribution in [0.3, 0.4) is 0 Å². The second kappa shape index (κ2) is 15.6. The van der Waals surface area contributed by atoms with Crippen molar-refractivity contribution in [3.05, 3.63) is 252 Å². The molecule has 2 N–H and O–H groups in total. The topological polar surface area (TPSA) is 73.7 Å². The molecule has 336 valence electrons. The standard InChI is InChI=1S/C65H45N5O/c1-65(2)55-35-43(29-31-47(55)50-36-52-48-25-12-14-27-57(48)69(59(52)38-56(50)65)45-22-10-5-11-23-45)42-30-32-58-51(34-42)53-37-54-49-26-13-15-28-61(49)71-62(54)39-60(53)70(58)46-24-16-21-44(33-46)63(40-17-6-3-7-18-40)67-64(68-66)41-19-8-4-9-20-41/h3-39H,66H2,1-2H3/b67-63?,68-64-. The highest BCUT2D eigenvalue weighted by Crippen LogP contribution is 2.52. The Morgan fingerprint density at radius 1 is 0.408 bits per heavy atom. The first-order valence-electron chi connectivity index (χ1n) is 24.2. The first kappa shape index (κ1) is 40.8. The highest BCUT2D eigenvalue weighted by molar-refractivity contribution is 6.21. The molecule has 0 bridgehead atoms. The predicted octanol–water partition coefficient (Wildman–Crippen LogP) is 15.9. The SMILES string of the molecule is CC1(C)c2cc(-c3ccc4c(c3)c3cc5c(cc3n4-c3cccc(C(=N/C(=N\N)c4ccccc4)c4ccccc4)c3)oc3ccccc35)ccc2-c2cc3c4ccccc4n(-c4ccccc4)c3cc21. The van der Waals surface area contributed by atoms with Crippen molar-refractivity contribution < 1.29 is 4.42 Å². The molecule has 14 rings (SSSR count). The molecule has 13 aromatic rings. The van der Waals surface area contributed by atoms with Crippen LogP contribution in [-0.2, 0) is 5.41 Å². The van der Waals surface area contributed by atoms with Gasteiger partial charge in [0.2, 0.25) is 0 Å². The second-order valence-electron chi connectivity index (χ2n) is 19.2. The van der Waals surface area contributed by atoms with Gasteiger partial charge in [-0.3, -0.25) is 0 Å². The van der Waals surface area contributed by atoms with Gasteiger partial charge >= 0.3 is 0 Å². The van der Waals surface area contributed by atoms with Gasteiger partial charge in [0.15, 0.2) is 5.84 Å². The van der Waals surface area contributed by atoms with Crippen molar-refractivity contribution in [2.45, 2.75) is 19.3 Å². The molecule has 1 aliphatic rings. The molecule has 0 amide bonds. The Kier molecular flexibility index (Phi) is 8.98. The molecule has 3 aromatic heterocycles. The number of fused-ring (bicyclic) bond motifs is 12. The summed E-state index contributed by atoms with van der Waals surface area (Å²) in [6.07, 6.45) is 0. The molecule has 0 saturated heterocycles. The molecule has 1 aliphatic carbocycles. The van der Waals surface area contributed by atoms with Crippen LogP contribution in [0.15, 0.2) is 239 Å². The second-order valence-corrected chi connectivity index (χ2v) is 19.2. The number of hydrogen-bond acceptors (Lipinski definition) is 3. The van der Waals surface area contributed by atoms with Gasteiger partial charge in [-0.05, 0) is 106 Å². The quantitative estimate of drug-likeness (QED) is 0.0781. The molecule has 0 saturated carbocycles. The summed E-state index contributed by atoms with van der Waals surface area (Å²) in [7, 11) is 0. The zero-order chi connectivity index (χ0) is 47.4. The summed E-state index contributed by atoms with van der Waals surface area (Å²) in [4.78, 5) is 5.17. The molecule has 3 heterocycles. The number of para-hydroxylation sites is 3. The van der Waals surface area contributed by atoms with Crippen LogP contribution in [0.1, 0.15) is 41.7 Å². The third kappa shape index (κ3) is 6.28. The van der Waals surface area contributed by atoms with E-state index in [2.05, 4.69) is 192 Å². The van der Waals surface area contributed by atoms with Crippen molar-refractivity contribution in [3.8, 4) is 33.6 Å². The van der Waals surface area contributed by atoms with Crippen molar-refractivity contribution in [1.82, 2.24) is 9.13 Å². The predicted molar refractivity (Wildman–Crippen MR) is 295 cm³/mol. The summed E-state index contributed by atoms with van der Waals surface area (Å²) >= 11 is 0. The minimum Gasteiger partial charge on any atom is -0.456 e. The molecule has 0 unspecified atom stereocenters. The Labute approximate surface area is 409 Å². The van der Waals surface area contributed by atoms with Crippen LogP contribution < -0.4 is 5.84 Å². The summed E-state index contributed by atoms with van der Waals surface area (Å²) in [5, 5.41) is 11.2. The van der Waals surface area contributed by atoms with Crippen molar-refractivity contribution in [2.24, 2.45) is 15.9 Å². The fourth-order valence-corrected chi connectivity index (χ4v) is 11.5. The highest BCUT2D eigenvalue weighted by Gasteiger charge is 2.37. The van der Waals surface area contributed by atoms with E-state index in [0.29, 0.717) is 5.84 Å². The van der Waals surface area contributed by atoms with Crippen LogP contribution in [-0.4, -0.2) is 20.7 Å². The third-order valence-electron chi connectivity index (χ3n) is 14.9. The maximum Gasteiger partial charge on any atom is 0.179 e. The summed E-state index contributed by atoms with van der Waals surface area (Å²) in [6.45, 7) is 4.76. The fraction of sp³-hybridized carbons (Fsp3) is 0.0462. The van der Waals surface area contributed by atoms with E-state index >= 15 is 0 Å². The first-order valence-corrected chi connectivity index (χ1v) is 24.2. The Hall–Kier alpha value is -9.26. The number of aliphatic imine (C=N–C) groups is 1. The largest absolute Gasteiger partial charge is 0.456 e. The van der Waals surface area contributed by atoms with Crippen LogP contribution in [0.4, 0.5) is 0 Å². The molecule has 0 fully saturated rings. The Morgan fingerprint density at radius 3 is 1.80 bits per heavy atom. The number of hydrazone groups is 1. The van der Waals surface area contributed by atoms with Gasteiger partial charge < -0.3 is 19.4 Å². The maximum absolute atomic E-state index is 6.56. The average Bonchev–Trinajstić information content (AvgIpc) is 4.12. The number of rotatable bonds is 6. The van der Waals surface area contributed by atoms with Gasteiger partial charge in [-0.15, -0.1) is 0 Å². The van der Waals surface area contributed by atoms with Gasteiger partial charge in [-0.25, -0.2) is 4.99 Å². The smallest absolute Gasteiger partial charge is 0.179 e. The van der Waals surface area contributed by atoms with Crippen molar-refractivity contribution >= 4 is 77.1 Å². The van der Waals surface area contributed by atoms with E-state index in [4.69, 9.17) is 15.3 Å². The minimum absolute atomic E-state index is 0.230. The summed E-state index contributed by atoms with van der Waals surface area (Å²) in [5.74, 6) is 6.50. The van der Waals surface area contributed by atoms with Crippen molar-refractivity contribution in [2.75, 3.05) is 0 Å². The molecule has 0 spiro atoms. The molecule has 0 aliphatic heterocycles. The number of furan rings is 1. The van der Waals surface area contributed by atoms with Crippen LogP contribution >= 0.6 is 0 Å². The Bertz CT molecular complexity index is 4360. The van der Waals surface area contributed by atoms with E-state index in [1.54, 1.807) is 0 Å². The minimum atomic E-state index is -0.230. The normalized spacial score (nSPS) is 13.5. The average molecular weight is 912 g/mol. The molecule has 6 nitrogen and oxygen atoms in total. The van der Waals surface area contributed by atoms with E-state index in [1.807, 2.05) is 60.7 Å². The summed E-state index contributed by atoms with van der Waals surface area (Å²) < 4.78 is 11.3. The van der Waals surface area contributed by atoms with E-state index in [-0.39, 0.29) is 5.41 Å². The lowest BCUT2D eigenvalue weighted by Crippen LogP contribution is -2.15. The molecular weight excluding hydrogens is 867 g/mol. The third-order valence-corrected chi connectivity index (χ3v) is 14.9. The lowest BCUT2D eigenvalue weighted by Gasteiger charge is -2.22.